The summed E-state index contributed by atoms with van der Waals surface area (Å²) in [5.41, 5.74) is 1.61. The van der Waals surface area contributed by atoms with E-state index in [9.17, 15) is 14.7 Å². The largest absolute Gasteiger partial charge is 0.507 e. The molecule has 1 saturated heterocycles. The normalized spacial score (nSPS) is 18.9. The molecule has 7 nitrogen and oxygen atoms in total. The fraction of sp³-hybridized carbons (Fsp3) is 0.154. The molecular formula is C26H21NO6. The van der Waals surface area contributed by atoms with Crippen LogP contribution in [0.25, 0.3) is 5.76 Å². The number of methoxy groups -OCH3 is 1. The number of ether oxygens (including phenoxy) is 3. The van der Waals surface area contributed by atoms with E-state index in [0.717, 1.165) is 0 Å². The van der Waals surface area contributed by atoms with Crippen molar-refractivity contribution in [2.45, 2.75) is 6.04 Å². The van der Waals surface area contributed by atoms with Crippen molar-refractivity contribution in [3.63, 3.8) is 0 Å². The molecule has 3 aromatic carbocycles. The number of carbonyl (C=O) groups is 2. The number of aliphatic hydroxyl groups is 1. The minimum atomic E-state index is -0.809. The molecular weight excluding hydrogens is 422 g/mol. The summed E-state index contributed by atoms with van der Waals surface area (Å²) in [5, 5.41) is 11.2. The van der Waals surface area contributed by atoms with Crippen molar-refractivity contribution in [2.75, 3.05) is 25.2 Å². The van der Waals surface area contributed by atoms with Gasteiger partial charge < -0.3 is 19.3 Å². The molecule has 2 aliphatic rings. The maximum absolute atomic E-state index is 13.2. The number of carbonyl (C=O) groups excluding carboxylic acids is 2. The van der Waals surface area contributed by atoms with Crippen LogP contribution in [0.4, 0.5) is 5.69 Å². The van der Waals surface area contributed by atoms with E-state index in [4.69, 9.17) is 14.2 Å². The first-order valence-corrected chi connectivity index (χ1v) is 10.5. The summed E-state index contributed by atoms with van der Waals surface area (Å²) in [6.07, 6.45) is 0. The number of hydrogen-bond acceptors (Lipinski definition) is 6. The molecule has 3 aromatic rings. The number of amides is 1. The number of rotatable bonds is 4. The van der Waals surface area contributed by atoms with Gasteiger partial charge in [0.15, 0.2) is 11.5 Å². The topological polar surface area (TPSA) is 85.3 Å². The van der Waals surface area contributed by atoms with Gasteiger partial charge in [0, 0.05) is 17.3 Å². The zero-order chi connectivity index (χ0) is 22.9. The van der Waals surface area contributed by atoms with Crippen LogP contribution in [0.1, 0.15) is 17.2 Å². The molecule has 0 bridgehead atoms. The lowest BCUT2D eigenvalue weighted by atomic mass is 9.95. The van der Waals surface area contributed by atoms with Gasteiger partial charge in [0.25, 0.3) is 11.7 Å². The lowest BCUT2D eigenvalue weighted by molar-refractivity contribution is -0.132. The maximum atomic E-state index is 13.2. The molecule has 0 aromatic heterocycles. The summed E-state index contributed by atoms with van der Waals surface area (Å²) in [4.78, 5) is 27.8. The van der Waals surface area contributed by atoms with Gasteiger partial charge in [-0.1, -0.05) is 30.3 Å². The second-order valence-electron chi connectivity index (χ2n) is 7.64. The van der Waals surface area contributed by atoms with Crippen LogP contribution in [0.15, 0.2) is 78.4 Å². The predicted octanol–water partition coefficient (Wildman–Crippen LogP) is 4.09. The number of hydrogen-bond donors (Lipinski definition) is 1. The molecule has 33 heavy (non-hydrogen) atoms. The summed E-state index contributed by atoms with van der Waals surface area (Å²) in [5.74, 6) is -0.0332. The van der Waals surface area contributed by atoms with Crippen LogP contribution in [-0.2, 0) is 9.59 Å². The van der Waals surface area contributed by atoms with Gasteiger partial charge in [0.2, 0.25) is 0 Å². The van der Waals surface area contributed by atoms with Crippen molar-refractivity contribution < 1.29 is 28.9 Å². The molecule has 0 aliphatic carbocycles. The highest BCUT2D eigenvalue weighted by atomic mass is 16.6. The maximum Gasteiger partial charge on any atom is 0.300 e. The molecule has 0 radical (unpaired) electrons. The number of anilines is 1. The van der Waals surface area contributed by atoms with Crippen LogP contribution in [0.3, 0.4) is 0 Å². The zero-order valence-electron chi connectivity index (χ0n) is 17.9. The fourth-order valence-corrected chi connectivity index (χ4v) is 4.14. The molecule has 7 heteroatoms. The van der Waals surface area contributed by atoms with Crippen LogP contribution in [0.5, 0.6) is 17.2 Å². The second-order valence-corrected chi connectivity index (χ2v) is 7.64. The molecule has 2 heterocycles. The monoisotopic (exact) mass is 443 g/mol. The van der Waals surface area contributed by atoms with Gasteiger partial charge in [-0.2, -0.15) is 0 Å². The Hall–Kier alpha value is -4.26. The SMILES string of the molecule is COc1ccc(/C(O)=C2\C(=O)C(=O)N(c3ccc4c(c3)OCCO4)C2c2ccccc2)cc1. The smallest absolute Gasteiger partial charge is 0.300 e. The van der Waals surface area contributed by atoms with Crippen LogP contribution in [0, 0.1) is 0 Å². The van der Waals surface area contributed by atoms with Gasteiger partial charge >= 0.3 is 0 Å². The number of fused-ring (bicyclic) bond motifs is 1. The summed E-state index contributed by atoms with van der Waals surface area (Å²) < 4.78 is 16.4. The molecule has 2 aliphatic heterocycles. The lowest BCUT2D eigenvalue weighted by Gasteiger charge is -2.27. The van der Waals surface area contributed by atoms with E-state index in [1.54, 1.807) is 49.6 Å². The molecule has 1 unspecified atom stereocenters. The van der Waals surface area contributed by atoms with Crippen LogP contribution in [-0.4, -0.2) is 37.1 Å². The second kappa shape index (κ2) is 8.35. The molecule has 1 atom stereocenters. The third-order valence-corrected chi connectivity index (χ3v) is 5.73. The molecule has 1 amide bonds. The van der Waals surface area contributed by atoms with E-state index in [2.05, 4.69) is 0 Å². The van der Waals surface area contributed by atoms with Crippen molar-refractivity contribution in [1.82, 2.24) is 0 Å². The highest BCUT2D eigenvalue weighted by Gasteiger charge is 2.47. The van der Waals surface area contributed by atoms with Gasteiger partial charge in [-0.3, -0.25) is 14.5 Å². The Labute approximate surface area is 190 Å². The quantitative estimate of drug-likeness (QED) is 0.371. The van der Waals surface area contributed by atoms with E-state index in [-0.39, 0.29) is 11.3 Å². The summed E-state index contributed by atoms with van der Waals surface area (Å²) in [6, 6.07) is 20.1. The van der Waals surface area contributed by atoms with Crippen molar-refractivity contribution in [3.8, 4) is 17.2 Å². The van der Waals surface area contributed by atoms with Crippen molar-refractivity contribution in [1.29, 1.82) is 0 Å². The van der Waals surface area contributed by atoms with Crippen molar-refractivity contribution in [3.05, 3.63) is 89.5 Å². The number of ketones is 1. The van der Waals surface area contributed by atoms with E-state index in [0.29, 0.717) is 47.3 Å². The minimum Gasteiger partial charge on any atom is -0.507 e. The fourth-order valence-electron chi connectivity index (χ4n) is 4.14. The first-order chi connectivity index (χ1) is 16.1. The third kappa shape index (κ3) is 3.57. The average molecular weight is 443 g/mol. The standard InChI is InChI=1S/C26H21NO6/c1-31-19-10-7-17(8-11-19)24(28)22-23(16-5-3-2-4-6-16)27(26(30)25(22)29)18-9-12-20-21(15-18)33-14-13-32-20/h2-12,15,23,28H,13-14H2,1H3/b24-22+. The predicted molar refractivity (Wildman–Crippen MR) is 122 cm³/mol. The zero-order valence-corrected chi connectivity index (χ0v) is 17.9. The van der Waals surface area contributed by atoms with Gasteiger partial charge in [-0.05, 0) is 42.0 Å². The first kappa shape index (κ1) is 20.6. The van der Waals surface area contributed by atoms with Gasteiger partial charge in [-0.25, -0.2) is 0 Å². The van der Waals surface area contributed by atoms with Crippen molar-refractivity contribution in [2.24, 2.45) is 0 Å². The molecule has 0 saturated carbocycles. The number of nitrogens with zero attached hydrogens (tertiary/aromatic N) is 1. The van der Waals surface area contributed by atoms with Crippen molar-refractivity contribution >= 4 is 23.1 Å². The Morgan fingerprint density at radius 1 is 0.939 bits per heavy atom. The first-order valence-electron chi connectivity index (χ1n) is 10.5. The average Bonchev–Trinajstić information content (AvgIpc) is 3.14. The Kier molecular flexibility index (Phi) is 5.22. The summed E-state index contributed by atoms with van der Waals surface area (Å²) >= 11 is 0. The van der Waals surface area contributed by atoms with Crippen LogP contribution in [0.2, 0.25) is 0 Å². The highest BCUT2D eigenvalue weighted by molar-refractivity contribution is 6.51. The van der Waals surface area contributed by atoms with Gasteiger partial charge in [-0.15, -0.1) is 0 Å². The molecule has 5 rings (SSSR count). The third-order valence-electron chi connectivity index (χ3n) is 5.73. The Morgan fingerprint density at radius 3 is 2.33 bits per heavy atom. The number of aliphatic hydroxyl groups excluding tert-OH is 1. The molecule has 1 N–H and O–H groups in total. The molecule has 0 spiro atoms. The highest BCUT2D eigenvalue weighted by Crippen LogP contribution is 2.44. The molecule has 166 valence electrons. The van der Waals surface area contributed by atoms with E-state index >= 15 is 0 Å². The van der Waals surface area contributed by atoms with E-state index in [1.807, 2.05) is 30.3 Å². The number of Topliss-reactive ketones (excluding diaryl/α,β-unsaturated/α-hetero) is 1. The minimum absolute atomic E-state index is 0.0197. The number of benzene rings is 3. The summed E-state index contributed by atoms with van der Waals surface area (Å²) in [7, 11) is 1.54. The van der Waals surface area contributed by atoms with Gasteiger partial charge in [0.05, 0.1) is 18.7 Å². The Morgan fingerprint density at radius 2 is 1.64 bits per heavy atom. The Balaban J connectivity index is 1.67. The van der Waals surface area contributed by atoms with E-state index < -0.39 is 17.7 Å². The van der Waals surface area contributed by atoms with Crippen LogP contribution < -0.4 is 19.1 Å². The lowest BCUT2D eigenvalue weighted by Crippen LogP contribution is -2.29. The van der Waals surface area contributed by atoms with Crippen LogP contribution >= 0.6 is 0 Å². The molecule has 1 fully saturated rings. The summed E-state index contributed by atoms with van der Waals surface area (Å²) in [6.45, 7) is 0.845. The van der Waals surface area contributed by atoms with E-state index in [1.165, 1.54) is 4.90 Å². The van der Waals surface area contributed by atoms with Gasteiger partial charge in [0.1, 0.15) is 24.7 Å². The Bertz CT molecular complexity index is 1250.